The third-order valence-electron chi connectivity index (χ3n) is 2.73. The number of rotatable bonds is 7. The second-order valence-corrected chi connectivity index (χ2v) is 4.48. The summed E-state index contributed by atoms with van der Waals surface area (Å²) in [6, 6.07) is 6.63. The van der Waals surface area contributed by atoms with Crippen molar-refractivity contribution in [2.45, 2.75) is 19.4 Å². The third-order valence-corrected chi connectivity index (χ3v) is 2.98. The predicted octanol–water partition coefficient (Wildman–Crippen LogP) is 2.51. The molecule has 100 valence electrons. The molecule has 0 spiro atoms. The minimum Gasteiger partial charge on any atom is -0.492 e. The molecule has 0 amide bonds. The maximum absolute atomic E-state index is 10.9. The summed E-state index contributed by atoms with van der Waals surface area (Å²) in [7, 11) is 1.79. The van der Waals surface area contributed by atoms with E-state index in [4.69, 9.17) is 21.4 Å². The molecule has 18 heavy (non-hydrogen) atoms. The van der Waals surface area contributed by atoms with Crippen LogP contribution in [0.25, 0.3) is 0 Å². The number of nitrogens with zero attached hydrogens (tertiary/aromatic N) is 1. The van der Waals surface area contributed by atoms with E-state index >= 15 is 0 Å². The quantitative estimate of drug-likeness (QED) is 0.828. The van der Waals surface area contributed by atoms with Gasteiger partial charge in [-0.05, 0) is 37.7 Å². The molecule has 0 heterocycles. The van der Waals surface area contributed by atoms with Gasteiger partial charge in [0.05, 0.1) is 0 Å². The van der Waals surface area contributed by atoms with E-state index in [1.165, 1.54) is 0 Å². The van der Waals surface area contributed by atoms with Crippen molar-refractivity contribution < 1.29 is 14.6 Å². The maximum Gasteiger partial charge on any atom is 0.320 e. The average Bonchev–Trinajstić information content (AvgIpc) is 2.32. The zero-order valence-electron chi connectivity index (χ0n) is 10.6. The molecule has 1 atom stereocenters. The Kier molecular flexibility index (Phi) is 5.95. The Balaban J connectivity index is 2.37. The number of benzene rings is 1. The standard InChI is InChI=1S/C13H18ClNO3/c1-3-12(13(16)17)15(2)8-9-18-11-6-4-10(14)5-7-11/h4-7,12H,3,8-9H2,1-2H3,(H,16,17). The normalized spacial score (nSPS) is 12.4. The Morgan fingerprint density at radius 3 is 2.56 bits per heavy atom. The van der Waals surface area contributed by atoms with Crippen molar-refractivity contribution in [3.63, 3.8) is 0 Å². The molecule has 0 bridgehead atoms. The van der Waals surface area contributed by atoms with Gasteiger partial charge in [-0.25, -0.2) is 0 Å². The summed E-state index contributed by atoms with van der Waals surface area (Å²) < 4.78 is 5.51. The number of carbonyl (C=O) groups is 1. The zero-order chi connectivity index (χ0) is 13.5. The second kappa shape index (κ2) is 7.24. The lowest BCUT2D eigenvalue weighted by Gasteiger charge is -2.23. The smallest absolute Gasteiger partial charge is 0.320 e. The topological polar surface area (TPSA) is 49.8 Å². The number of halogens is 1. The average molecular weight is 272 g/mol. The maximum atomic E-state index is 10.9. The molecule has 4 nitrogen and oxygen atoms in total. The lowest BCUT2D eigenvalue weighted by atomic mass is 10.2. The monoisotopic (exact) mass is 271 g/mol. The van der Waals surface area contributed by atoms with Gasteiger partial charge >= 0.3 is 5.97 Å². The van der Waals surface area contributed by atoms with Gasteiger partial charge in [0.15, 0.2) is 0 Å². The molecule has 1 aromatic rings. The minimum absolute atomic E-state index is 0.446. The number of aliphatic carboxylic acids is 1. The molecule has 0 saturated heterocycles. The van der Waals surface area contributed by atoms with Crippen LogP contribution in [0, 0.1) is 0 Å². The van der Waals surface area contributed by atoms with Gasteiger partial charge in [-0.3, -0.25) is 9.69 Å². The van der Waals surface area contributed by atoms with Crippen LogP contribution in [0.1, 0.15) is 13.3 Å². The number of likely N-dealkylation sites (N-methyl/N-ethyl adjacent to an activating group) is 1. The third kappa shape index (κ3) is 4.55. The highest BCUT2D eigenvalue weighted by Crippen LogP contribution is 2.15. The van der Waals surface area contributed by atoms with E-state index in [-0.39, 0.29) is 0 Å². The Morgan fingerprint density at radius 2 is 2.06 bits per heavy atom. The van der Waals surface area contributed by atoms with E-state index in [1.807, 2.05) is 6.92 Å². The summed E-state index contributed by atoms with van der Waals surface area (Å²) in [6.07, 6.45) is 0.576. The SMILES string of the molecule is CCC(C(=O)O)N(C)CCOc1ccc(Cl)cc1. The molecule has 1 N–H and O–H groups in total. The molecule has 1 unspecified atom stereocenters. The zero-order valence-corrected chi connectivity index (χ0v) is 11.4. The van der Waals surface area contributed by atoms with E-state index in [0.717, 1.165) is 5.75 Å². The fraction of sp³-hybridized carbons (Fsp3) is 0.462. The predicted molar refractivity (Wildman–Crippen MR) is 71.3 cm³/mol. The fourth-order valence-electron chi connectivity index (χ4n) is 1.67. The van der Waals surface area contributed by atoms with E-state index < -0.39 is 12.0 Å². The Morgan fingerprint density at radius 1 is 1.44 bits per heavy atom. The van der Waals surface area contributed by atoms with Crippen LogP contribution in [0.15, 0.2) is 24.3 Å². The number of carboxylic acid groups (broad SMARTS) is 1. The van der Waals surface area contributed by atoms with E-state index in [1.54, 1.807) is 36.2 Å². The summed E-state index contributed by atoms with van der Waals surface area (Å²) >= 11 is 5.76. The molecule has 0 aromatic heterocycles. The number of carboxylic acids is 1. The van der Waals surface area contributed by atoms with Gasteiger partial charge in [-0.1, -0.05) is 18.5 Å². The summed E-state index contributed by atoms with van der Waals surface area (Å²) in [5.74, 6) is -0.0670. The van der Waals surface area contributed by atoms with Crippen LogP contribution in [0.4, 0.5) is 0 Å². The van der Waals surface area contributed by atoms with Crippen LogP contribution in [-0.2, 0) is 4.79 Å². The number of hydrogen-bond donors (Lipinski definition) is 1. The first kappa shape index (κ1) is 14.8. The molecule has 1 aromatic carbocycles. The molecular formula is C13H18ClNO3. The molecule has 0 aliphatic heterocycles. The van der Waals surface area contributed by atoms with Gasteiger partial charge in [0.1, 0.15) is 18.4 Å². The van der Waals surface area contributed by atoms with Gasteiger partial charge in [-0.2, -0.15) is 0 Å². The highest BCUT2D eigenvalue weighted by molar-refractivity contribution is 6.30. The first-order valence-corrected chi connectivity index (χ1v) is 6.23. The van der Waals surface area contributed by atoms with E-state index in [9.17, 15) is 4.79 Å². The Bertz CT molecular complexity index is 380. The second-order valence-electron chi connectivity index (χ2n) is 4.05. The van der Waals surface area contributed by atoms with Gasteiger partial charge in [0.25, 0.3) is 0 Å². The van der Waals surface area contributed by atoms with Crippen molar-refractivity contribution >= 4 is 17.6 Å². The van der Waals surface area contributed by atoms with Crippen LogP contribution in [0.2, 0.25) is 5.02 Å². The Hall–Kier alpha value is -1.26. The van der Waals surface area contributed by atoms with Crippen molar-refractivity contribution in [2.24, 2.45) is 0 Å². The lowest BCUT2D eigenvalue weighted by Crippen LogP contribution is -2.40. The van der Waals surface area contributed by atoms with Crippen molar-refractivity contribution in [1.29, 1.82) is 0 Å². The van der Waals surface area contributed by atoms with Crippen LogP contribution < -0.4 is 4.74 Å². The number of hydrogen-bond acceptors (Lipinski definition) is 3. The van der Waals surface area contributed by atoms with Crippen molar-refractivity contribution in [3.8, 4) is 5.75 Å². The Labute approximate surface area is 112 Å². The van der Waals surface area contributed by atoms with E-state index in [0.29, 0.717) is 24.6 Å². The summed E-state index contributed by atoms with van der Waals surface area (Å²) in [4.78, 5) is 12.7. The van der Waals surface area contributed by atoms with Gasteiger partial charge in [0, 0.05) is 11.6 Å². The molecule has 0 saturated carbocycles. The molecular weight excluding hydrogens is 254 g/mol. The van der Waals surface area contributed by atoms with Crippen molar-refractivity contribution in [1.82, 2.24) is 4.90 Å². The lowest BCUT2D eigenvalue weighted by molar-refractivity contribution is -0.143. The summed E-state index contributed by atoms with van der Waals surface area (Å²) in [5.41, 5.74) is 0. The molecule has 5 heteroatoms. The van der Waals surface area contributed by atoms with Crippen molar-refractivity contribution in [2.75, 3.05) is 20.2 Å². The summed E-state index contributed by atoms with van der Waals surface area (Å²) in [6.45, 7) is 2.87. The summed E-state index contributed by atoms with van der Waals surface area (Å²) in [5, 5.41) is 9.66. The highest BCUT2D eigenvalue weighted by Gasteiger charge is 2.19. The van der Waals surface area contributed by atoms with Crippen LogP contribution in [0.3, 0.4) is 0 Å². The van der Waals surface area contributed by atoms with Gasteiger partial charge in [0.2, 0.25) is 0 Å². The first-order chi connectivity index (χ1) is 8.54. The minimum atomic E-state index is -0.800. The first-order valence-electron chi connectivity index (χ1n) is 5.86. The molecule has 0 fully saturated rings. The van der Waals surface area contributed by atoms with E-state index in [2.05, 4.69) is 0 Å². The highest BCUT2D eigenvalue weighted by atomic mass is 35.5. The number of ether oxygens (including phenoxy) is 1. The largest absolute Gasteiger partial charge is 0.492 e. The van der Waals surface area contributed by atoms with Crippen LogP contribution >= 0.6 is 11.6 Å². The van der Waals surface area contributed by atoms with Crippen LogP contribution in [-0.4, -0.2) is 42.2 Å². The fourth-order valence-corrected chi connectivity index (χ4v) is 1.79. The molecule has 0 aliphatic rings. The molecule has 0 aliphatic carbocycles. The molecule has 0 radical (unpaired) electrons. The van der Waals surface area contributed by atoms with Crippen LogP contribution in [0.5, 0.6) is 5.75 Å². The van der Waals surface area contributed by atoms with Gasteiger partial charge in [-0.15, -0.1) is 0 Å². The molecule has 1 rings (SSSR count). The van der Waals surface area contributed by atoms with Gasteiger partial charge < -0.3 is 9.84 Å². The van der Waals surface area contributed by atoms with Crippen molar-refractivity contribution in [3.05, 3.63) is 29.3 Å².